The van der Waals surface area contributed by atoms with E-state index in [9.17, 15) is 12.8 Å². The Hall–Kier alpha value is -1.40. The van der Waals surface area contributed by atoms with E-state index in [1.807, 2.05) is 6.92 Å². The lowest BCUT2D eigenvalue weighted by Gasteiger charge is -2.20. The first-order chi connectivity index (χ1) is 8.84. The fraction of sp³-hybridized carbons (Fsp3) is 0.385. The van der Waals surface area contributed by atoms with Crippen LogP contribution in [0.25, 0.3) is 0 Å². The van der Waals surface area contributed by atoms with Crippen molar-refractivity contribution in [1.82, 2.24) is 4.31 Å². The van der Waals surface area contributed by atoms with Crippen molar-refractivity contribution in [2.45, 2.75) is 25.2 Å². The van der Waals surface area contributed by atoms with Crippen molar-refractivity contribution < 1.29 is 12.8 Å². The predicted octanol–water partition coefficient (Wildman–Crippen LogP) is 2.30. The minimum atomic E-state index is -3.67. The average molecular weight is 286 g/mol. The molecule has 0 unspecified atom stereocenters. The van der Waals surface area contributed by atoms with Gasteiger partial charge in [0.2, 0.25) is 10.0 Å². The van der Waals surface area contributed by atoms with Gasteiger partial charge >= 0.3 is 0 Å². The Balaban J connectivity index is 3.28. The summed E-state index contributed by atoms with van der Waals surface area (Å²) >= 11 is 0. The van der Waals surface area contributed by atoms with E-state index in [2.05, 4.69) is 6.58 Å². The Labute approximate surface area is 113 Å². The van der Waals surface area contributed by atoms with E-state index in [4.69, 9.17) is 5.73 Å². The summed E-state index contributed by atoms with van der Waals surface area (Å²) in [6.45, 7) is 7.52. The van der Waals surface area contributed by atoms with Crippen LogP contribution in [0.1, 0.15) is 18.9 Å². The van der Waals surface area contributed by atoms with Crippen LogP contribution in [0, 0.1) is 12.7 Å². The standard InChI is InChI=1S/C13H19FN2O2S/c1-4-6-16(7-5-2)19(17,18)11-8-10(3)13(14)12(15)9-11/h4,8-9H,1,5-7,15H2,2-3H3. The molecule has 0 bridgehead atoms. The molecule has 0 heterocycles. The molecular formula is C13H19FN2O2S. The highest BCUT2D eigenvalue weighted by Gasteiger charge is 2.24. The second kappa shape index (κ2) is 6.16. The van der Waals surface area contributed by atoms with Gasteiger partial charge < -0.3 is 5.73 Å². The number of hydrogen-bond acceptors (Lipinski definition) is 3. The molecule has 4 nitrogen and oxygen atoms in total. The highest BCUT2D eigenvalue weighted by Crippen LogP contribution is 2.23. The zero-order valence-electron chi connectivity index (χ0n) is 11.2. The Morgan fingerprint density at radius 1 is 1.47 bits per heavy atom. The van der Waals surface area contributed by atoms with E-state index >= 15 is 0 Å². The number of nitrogens with two attached hydrogens (primary N) is 1. The lowest BCUT2D eigenvalue weighted by molar-refractivity contribution is 0.441. The molecule has 2 N–H and O–H groups in total. The first-order valence-corrected chi connectivity index (χ1v) is 7.45. The Morgan fingerprint density at radius 2 is 2.11 bits per heavy atom. The number of benzene rings is 1. The van der Waals surface area contributed by atoms with Gasteiger partial charge in [-0.15, -0.1) is 6.58 Å². The van der Waals surface area contributed by atoms with E-state index in [0.717, 1.165) is 6.07 Å². The Kier molecular flexibility index (Phi) is 5.08. The van der Waals surface area contributed by atoms with Crippen molar-refractivity contribution in [1.29, 1.82) is 0 Å². The maximum Gasteiger partial charge on any atom is 0.243 e. The molecule has 1 aromatic rings. The van der Waals surface area contributed by atoms with Gasteiger partial charge in [-0.2, -0.15) is 4.31 Å². The van der Waals surface area contributed by atoms with Crippen molar-refractivity contribution >= 4 is 15.7 Å². The van der Waals surface area contributed by atoms with Crippen molar-refractivity contribution in [3.8, 4) is 0 Å². The summed E-state index contributed by atoms with van der Waals surface area (Å²) in [4.78, 5) is 0.0131. The van der Waals surface area contributed by atoms with E-state index in [0.29, 0.717) is 13.0 Å². The van der Waals surface area contributed by atoms with Crippen LogP contribution < -0.4 is 5.73 Å². The first-order valence-electron chi connectivity index (χ1n) is 6.01. The SMILES string of the molecule is C=CCN(CCC)S(=O)(=O)c1cc(C)c(F)c(N)c1. The molecule has 19 heavy (non-hydrogen) atoms. The van der Waals surface area contributed by atoms with Crippen LogP contribution in [-0.4, -0.2) is 25.8 Å². The molecule has 6 heteroatoms. The van der Waals surface area contributed by atoms with Crippen LogP contribution >= 0.6 is 0 Å². The molecule has 106 valence electrons. The molecule has 0 saturated heterocycles. The van der Waals surface area contributed by atoms with Crippen molar-refractivity contribution in [2.75, 3.05) is 18.8 Å². The number of nitrogen functional groups attached to an aromatic ring is 1. The van der Waals surface area contributed by atoms with Crippen molar-refractivity contribution in [3.05, 3.63) is 36.2 Å². The second-order valence-corrected chi connectivity index (χ2v) is 6.23. The monoisotopic (exact) mass is 286 g/mol. The van der Waals surface area contributed by atoms with Crippen molar-refractivity contribution in [3.63, 3.8) is 0 Å². The quantitative estimate of drug-likeness (QED) is 0.644. The molecule has 0 fully saturated rings. The third kappa shape index (κ3) is 3.33. The molecule has 0 spiro atoms. The van der Waals surface area contributed by atoms with Crippen LogP contribution in [0.4, 0.5) is 10.1 Å². The van der Waals surface area contributed by atoms with E-state index in [-0.39, 0.29) is 22.7 Å². The summed E-state index contributed by atoms with van der Waals surface area (Å²) in [6, 6.07) is 2.45. The normalized spacial score (nSPS) is 11.8. The van der Waals surface area contributed by atoms with Crippen LogP contribution in [0.15, 0.2) is 29.7 Å². The maximum atomic E-state index is 13.4. The van der Waals surface area contributed by atoms with Crippen molar-refractivity contribution in [2.24, 2.45) is 0 Å². The van der Waals surface area contributed by atoms with Crippen LogP contribution in [0.3, 0.4) is 0 Å². The number of sulfonamides is 1. The number of anilines is 1. The number of halogens is 1. The van der Waals surface area contributed by atoms with Crippen LogP contribution in [0.2, 0.25) is 0 Å². The largest absolute Gasteiger partial charge is 0.396 e. The Morgan fingerprint density at radius 3 is 2.58 bits per heavy atom. The highest BCUT2D eigenvalue weighted by molar-refractivity contribution is 7.89. The second-order valence-electron chi connectivity index (χ2n) is 4.30. The molecule has 0 aliphatic heterocycles. The van der Waals surface area contributed by atoms with E-state index in [1.54, 1.807) is 0 Å². The summed E-state index contributed by atoms with van der Waals surface area (Å²) in [5.74, 6) is -0.579. The topological polar surface area (TPSA) is 63.4 Å². The molecule has 0 aliphatic rings. The summed E-state index contributed by atoms with van der Waals surface area (Å²) in [6.07, 6.45) is 2.20. The molecule has 0 saturated carbocycles. The van der Waals surface area contributed by atoms with E-state index in [1.165, 1.54) is 23.4 Å². The van der Waals surface area contributed by atoms with Gasteiger partial charge in [-0.05, 0) is 31.0 Å². The van der Waals surface area contributed by atoms with Crippen LogP contribution in [-0.2, 0) is 10.0 Å². The third-order valence-corrected chi connectivity index (χ3v) is 4.54. The lowest BCUT2D eigenvalue weighted by Crippen LogP contribution is -2.32. The molecule has 0 aliphatic carbocycles. The summed E-state index contributed by atoms with van der Waals surface area (Å²) < 4.78 is 39.6. The van der Waals surface area contributed by atoms with Crippen LogP contribution in [0.5, 0.6) is 0 Å². The summed E-state index contributed by atoms with van der Waals surface area (Å²) in [7, 11) is -3.67. The summed E-state index contributed by atoms with van der Waals surface area (Å²) in [5.41, 5.74) is 5.55. The molecule has 0 radical (unpaired) electrons. The third-order valence-electron chi connectivity index (χ3n) is 2.70. The first kappa shape index (κ1) is 15.7. The minimum absolute atomic E-state index is 0.0131. The van der Waals surface area contributed by atoms with E-state index < -0.39 is 15.8 Å². The average Bonchev–Trinajstić information content (AvgIpc) is 2.35. The smallest absolute Gasteiger partial charge is 0.243 e. The van der Waals surface area contributed by atoms with Gasteiger partial charge in [-0.3, -0.25) is 0 Å². The van der Waals surface area contributed by atoms with Gasteiger partial charge in [-0.25, -0.2) is 12.8 Å². The highest BCUT2D eigenvalue weighted by atomic mass is 32.2. The van der Waals surface area contributed by atoms with Gasteiger partial charge in [0.05, 0.1) is 10.6 Å². The van der Waals surface area contributed by atoms with Gasteiger partial charge in [0.15, 0.2) is 0 Å². The molecular weight excluding hydrogens is 267 g/mol. The number of nitrogens with zero attached hydrogens (tertiary/aromatic N) is 1. The fourth-order valence-electron chi connectivity index (χ4n) is 1.76. The van der Waals surface area contributed by atoms with Gasteiger partial charge in [-0.1, -0.05) is 13.0 Å². The molecule has 1 rings (SSSR count). The van der Waals surface area contributed by atoms with Gasteiger partial charge in [0, 0.05) is 13.1 Å². The maximum absolute atomic E-state index is 13.4. The Bertz CT molecular complexity index is 547. The number of hydrogen-bond donors (Lipinski definition) is 1. The summed E-state index contributed by atoms with van der Waals surface area (Å²) in [5, 5.41) is 0. The fourth-order valence-corrected chi connectivity index (χ4v) is 3.39. The zero-order chi connectivity index (χ0) is 14.6. The molecule has 0 atom stereocenters. The number of aryl methyl sites for hydroxylation is 1. The molecule has 1 aromatic carbocycles. The lowest BCUT2D eigenvalue weighted by atomic mass is 10.2. The predicted molar refractivity (Wildman–Crippen MR) is 74.8 cm³/mol. The number of rotatable bonds is 6. The zero-order valence-corrected chi connectivity index (χ0v) is 12.0. The van der Waals surface area contributed by atoms with Gasteiger partial charge in [0.1, 0.15) is 5.82 Å². The van der Waals surface area contributed by atoms with Gasteiger partial charge in [0.25, 0.3) is 0 Å². The molecule has 0 aromatic heterocycles. The minimum Gasteiger partial charge on any atom is -0.396 e. The molecule has 0 amide bonds.